The van der Waals surface area contributed by atoms with Gasteiger partial charge in [0.15, 0.2) is 0 Å². The van der Waals surface area contributed by atoms with Crippen molar-refractivity contribution in [1.82, 2.24) is 5.32 Å². The Balaban J connectivity index is 2.24. The first-order valence-electron chi connectivity index (χ1n) is 7.11. The average Bonchev–Trinajstić information content (AvgIpc) is 2.53. The molecule has 2 amide bonds. The van der Waals surface area contributed by atoms with Gasteiger partial charge in [0, 0.05) is 17.1 Å². The highest BCUT2D eigenvalue weighted by Gasteiger charge is 2.16. The number of nitrogens with one attached hydrogen (secondary N) is 1. The minimum Gasteiger partial charge on any atom is -0.489 e. The second-order valence-corrected chi connectivity index (χ2v) is 6.11. The van der Waals surface area contributed by atoms with E-state index in [4.69, 9.17) is 4.74 Å². The van der Waals surface area contributed by atoms with Gasteiger partial charge in [0.1, 0.15) is 12.4 Å². The molecule has 23 heavy (non-hydrogen) atoms. The molecule has 0 aliphatic carbocycles. The van der Waals surface area contributed by atoms with Gasteiger partial charge in [-0.05, 0) is 37.6 Å². The van der Waals surface area contributed by atoms with Crippen molar-refractivity contribution >= 4 is 27.6 Å². The van der Waals surface area contributed by atoms with E-state index in [2.05, 4.69) is 21.2 Å². The van der Waals surface area contributed by atoms with Crippen molar-refractivity contribution in [3.05, 3.63) is 57.6 Å². The van der Waals surface area contributed by atoms with Gasteiger partial charge >= 0.3 is 6.03 Å². The number of rotatable bonds is 4. The zero-order chi connectivity index (χ0) is 17.0. The number of benzene rings is 2. The third-order valence-electron chi connectivity index (χ3n) is 3.40. The van der Waals surface area contributed by atoms with Crippen LogP contribution in [0.2, 0.25) is 0 Å². The Labute approximate surface area is 144 Å². The van der Waals surface area contributed by atoms with Gasteiger partial charge in [-0.15, -0.1) is 0 Å². The zero-order valence-electron chi connectivity index (χ0n) is 13.3. The standard InChI is InChI=1S/C17H19BrN2O3/c1-11-4-7-16(12(2)8-11)23-10-13-5-6-14(18)9-15(13)20(22)17(21)19-3/h4-9,22H,10H2,1-3H3,(H,19,21). The summed E-state index contributed by atoms with van der Waals surface area (Å²) in [6.07, 6.45) is 0. The van der Waals surface area contributed by atoms with E-state index >= 15 is 0 Å². The normalized spacial score (nSPS) is 10.3. The number of aryl methyl sites for hydroxylation is 2. The number of urea groups is 1. The molecule has 0 fully saturated rings. The van der Waals surface area contributed by atoms with Crippen molar-refractivity contribution in [3.8, 4) is 5.75 Å². The van der Waals surface area contributed by atoms with E-state index in [1.807, 2.05) is 38.1 Å². The molecule has 0 bridgehead atoms. The lowest BCUT2D eigenvalue weighted by atomic mass is 10.1. The van der Waals surface area contributed by atoms with Crippen molar-refractivity contribution in [2.24, 2.45) is 0 Å². The highest BCUT2D eigenvalue weighted by Crippen LogP contribution is 2.27. The van der Waals surface area contributed by atoms with Crippen LogP contribution in [0, 0.1) is 13.8 Å². The van der Waals surface area contributed by atoms with E-state index in [0.29, 0.717) is 16.3 Å². The fraction of sp³-hybridized carbons (Fsp3) is 0.235. The monoisotopic (exact) mass is 378 g/mol. The smallest absolute Gasteiger partial charge is 0.345 e. The molecule has 6 heteroatoms. The van der Waals surface area contributed by atoms with Crippen LogP contribution in [0.5, 0.6) is 5.75 Å². The number of halogens is 1. The molecule has 0 atom stereocenters. The molecule has 2 N–H and O–H groups in total. The number of carbonyl (C=O) groups is 1. The van der Waals surface area contributed by atoms with Gasteiger partial charge in [-0.25, -0.2) is 4.79 Å². The first-order valence-corrected chi connectivity index (χ1v) is 7.91. The summed E-state index contributed by atoms with van der Waals surface area (Å²) in [6.45, 7) is 4.24. The Hall–Kier alpha value is -2.05. The number of hydroxylamine groups is 1. The molecule has 0 aliphatic rings. The van der Waals surface area contributed by atoms with Crippen molar-refractivity contribution in [3.63, 3.8) is 0 Å². The number of ether oxygens (including phenoxy) is 1. The molecule has 122 valence electrons. The lowest BCUT2D eigenvalue weighted by molar-refractivity contribution is 0.205. The van der Waals surface area contributed by atoms with Gasteiger partial charge < -0.3 is 10.1 Å². The number of anilines is 1. The summed E-state index contributed by atoms with van der Waals surface area (Å²) in [7, 11) is 1.45. The zero-order valence-corrected chi connectivity index (χ0v) is 14.8. The first-order chi connectivity index (χ1) is 10.9. The molecule has 0 radical (unpaired) electrons. The molecule has 0 aromatic heterocycles. The number of amides is 2. The van der Waals surface area contributed by atoms with Crippen LogP contribution in [0.4, 0.5) is 10.5 Å². The van der Waals surface area contributed by atoms with Crippen LogP contribution in [-0.4, -0.2) is 18.3 Å². The first kappa shape index (κ1) is 17.3. The maximum absolute atomic E-state index is 11.7. The summed E-state index contributed by atoms with van der Waals surface area (Å²) in [5.74, 6) is 0.772. The fourth-order valence-corrected chi connectivity index (χ4v) is 2.54. The molecule has 2 aromatic rings. The van der Waals surface area contributed by atoms with Crippen LogP contribution in [0.1, 0.15) is 16.7 Å². The Morgan fingerprint density at radius 1 is 1.26 bits per heavy atom. The van der Waals surface area contributed by atoms with E-state index in [-0.39, 0.29) is 6.61 Å². The average molecular weight is 379 g/mol. The van der Waals surface area contributed by atoms with E-state index in [1.54, 1.807) is 12.1 Å². The summed E-state index contributed by atoms with van der Waals surface area (Å²) in [5.41, 5.74) is 3.26. The van der Waals surface area contributed by atoms with Gasteiger partial charge in [0.25, 0.3) is 0 Å². The van der Waals surface area contributed by atoms with Crippen LogP contribution in [-0.2, 0) is 6.61 Å². The number of hydrogen-bond donors (Lipinski definition) is 2. The molecular weight excluding hydrogens is 360 g/mol. The lowest BCUT2D eigenvalue weighted by Gasteiger charge is -2.19. The van der Waals surface area contributed by atoms with Gasteiger partial charge in [-0.3, -0.25) is 5.21 Å². The molecule has 0 unspecified atom stereocenters. The molecule has 2 rings (SSSR count). The third-order valence-corrected chi connectivity index (χ3v) is 3.89. The second kappa shape index (κ2) is 7.48. The van der Waals surface area contributed by atoms with Gasteiger partial charge in [-0.2, -0.15) is 5.06 Å². The molecule has 0 spiro atoms. The molecular formula is C17H19BrN2O3. The van der Waals surface area contributed by atoms with Gasteiger partial charge in [0.2, 0.25) is 0 Å². The summed E-state index contributed by atoms with van der Waals surface area (Å²) in [4.78, 5) is 11.7. The number of nitrogens with zero attached hydrogens (tertiary/aromatic N) is 1. The summed E-state index contributed by atoms with van der Waals surface area (Å²) < 4.78 is 6.59. The third kappa shape index (κ3) is 4.24. The Morgan fingerprint density at radius 3 is 2.65 bits per heavy atom. The molecule has 0 aliphatic heterocycles. The van der Waals surface area contributed by atoms with Crippen molar-refractivity contribution < 1.29 is 14.7 Å². The van der Waals surface area contributed by atoms with Gasteiger partial charge in [0.05, 0.1) is 5.69 Å². The largest absolute Gasteiger partial charge is 0.489 e. The summed E-state index contributed by atoms with van der Waals surface area (Å²) in [5, 5.41) is 13.0. The molecule has 5 nitrogen and oxygen atoms in total. The number of carbonyl (C=O) groups excluding carboxylic acids is 1. The second-order valence-electron chi connectivity index (χ2n) is 5.20. The van der Waals surface area contributed by atoms with Crippen LogP contribution in [0.3, 0.4) is 0 Å². The quantitative estimate of drug-likeness (QED) is 0.619. The number of hydrogen-bond acceptors (Lipinski definition) is 3. The van der Waals surface area contributed by atoms with Crippen molar-refractivity contribution in [2.45, 2.75) is 20.5 Å². The van der Waals surface area contributed by atoms with E-state index < -0.39 is 6.03 Å². The Bertz CT molecular complexity index is 719. The minimum atomic E-state index is -0.615. The molecule has 0 heterocycles. The van der Waals surface area contributed by atoms with Gasteiger partial charge in [-0.1, -0.05) is 39.7 Å². The van der Waals surface area contributed by atoms with E-state index in [9.17, 15) is 10.0 Å². The Kier molecular flexibility index (Phi) is 5.63. The van der Waals surface area contributed by atoms with E-state index in [1.165, 1.54) is 12.6 Å². The predicted octanol–water partition coefficient (Wildman–Crippen LogP) is 4.18. The van der Waals surface area contributed by atoms with Crippen LogP contribution in [0.15, 0.2) is 40.9 Å². The topological polar surface area (TPSA) is 61.8 Å². The maximum Gasteiger partial charge on any atom is 0.345 e. The van der Waals surface area contributed by atoms with E-state index in [0.717, 1.165) is 15.8 Å². The van der Waals surface area contributed by atoms with Crippen molar-refractivity contribution in [2.75, 3.05) is 12.1 Å². The Morgan fingerprint density at radius 2 is 2.00 bits per heavy atom. The SMILES string of the molecule is CNC(=O)N(O)c1cc(Br)ccc1COc1ccc(C)cc1C. The molecule has 0 saturated carbocycles. The molecule has 2 aromatic carbocycles. The van der Waals surface area contributed by atoms with Crippen molar-refractivity contribution in [1.29, 1.82) is 0 Å². The highest BCUT2D eigenvalue weighted by atomic mass is 79.9. The lowest BCUT2D eigenvalue weighted by Crippen LogP contribution is -2.36. The maximum atomic E-state index is 11.7. The van der Waals surface area contributed by atoms with Crippen LogP contribution in [0.25, 0.3) is 0 Å². The summed E-state index contributed by atoms with van der Waals surface area (Å²) >= 11 is 3.34. The predicted molar refractivity (Wildman–Crippen MR) is 93.1 cm³/mol. The highest BCUT2D eigenvalue weighted by molar-refractivity contribution is 9.10. The summed E-state index contributed by atoms with van der Waals surface area (Å²) in [6, 6.07) is 10.6. The van der Waals surface area contributed by atoms with Crippen LogP contribution >= 0.6 is 15.9 Å². The van der Waals surface area contributed by atoms with Crippen LogP contribution < -0.4 is 15.1 Å². The fourth-order valence-electron chi connectivity index (χ4n) is 2.19. The molecule has 0 saturated heterocycles. The minimum absolute atomic E-state index is 0.237.